The lowest BCUT2D eigenvalue weighted by molar-refractivity contribution is 0.243. The minimum Gasteiger partial charge on any atom is -0.384 e. The van der Waals surface area contributed by atoms with Gasteiger partial charge in [-0.1, -0.05) is 45.6 Å². The monoisotopic (exact) mass is 178 g/mol. The first-order valence-electron chi connectivity index (χ1n) is 4.58. The van der Waals surface area contributed by atoms with Crippen molar-refractivity contribution in [1.82, 2.24) is 0 Å². The van der Waals surface area contributed by atoms with E-state index in [4.69, 9.17) is 0 Å². The predicted octanol–water partition coefficient (Wildman–Crippen LogP) is 2.84. The van der Waals surface area contributed by atoms with Gasteiger partial charge in [0, 0.05) is 0 Å². The van der Waals surface area contributed by atoms with E-state index in [-0.39, 0.29) is 5.41 Å². The van der Waals surface area contributed by atoms with Gasteiger partial charge in [0.2, 0.25) is 0 Å². The lowest BCUT2D eigenvalue weighted by Gasteiger charge is -2.30. The van der Waals surface area contributed by atoms with Crippen molar-refractivity contribution in [1.29, 1.82) is 0 Å². The molecule has 1 nitrogen and oxygen atoms in total. The molecule has 1 N–H and O–H groups in total. The number of aliphatic hydroxyl groups is 1. The van der Waals surface area contributed by atoms with E-state index in [1.165, 1.54) is 5.57 Å². The van der Waals surface area contributed by atoms with Crippen LogP contribution in [0.3, 0.4) is 0 Å². The zero-order valence-corrected chi connectivity index (χ0v) is 8.72. The van der Waals surface area contributed by atoms with E-state index in [0.29, 0.717) is 0 Å². The summed E-state index contributed by atoms with van der Waals surface area (Å²) < 4.78 is 0. The summed E-state index contributed by atoms with van der Waals surface area (Å²) in [5.41, 5.74) is 3.07. The van der Waals surface area contributed by atoms with E-state index in [9.17, 15) is 5.11 Å². The second-order valence-electron chi connectivity index (χ2n) is 4.73. The van der Waals surface area contributed by atoms with E-state index in [2.05, 4.69) is 33.9 Å². The molecule has 0 saturated carbocycles. The predicted molar refractivity (Wildman–Crippen MR) is 56.4 cm³/mol. The maximum Gasteiger partial charge on any atom is 0.0995 e. The van der Waals surface area contributed by atoms with Crippen molar-refractivity contribution in [2.24, 2.45) is 5.41 Å². The lowest BCUT2D eigenvalue weighted by Crippen LogP contribution is -2.21. The van der Waals surface area contributed by atoms with Crippen LogP contribution in [0.2, 0.25) is 0 Å². The van der Waals surface area contributed by atoms with E-state index in [0.717, 1.165) is 17.6 Å². The third-order valence-electron chi connectivity index (χ3n) is 2.48. The largest absolute Gasteiger partial charge is 0.384 e. The average Bonchev–Trinajstić information content (AvgIpc) is 1.97. The van der Waals surface area contributed by atoms with E-state index >= 15 is 0 Å². The molecule has 0 bridgehead atoms. The minimum absolute atomic E-state index is 0.145. The van der Waals surface area contributed by atoms with Crippen LogP contribution in [-0.2, 0) is 0 Å². The Bertz CT molecular complexity index is 276. The summed E-state index contributed by atoms with van der Waals surface area (Å²) in [6, 6.07) is 0. The normalized spacial score (nSPS) is 24.6. The lowest BCUT2D eigenvalue weighted by atomic mass is 9.77. The number of allylic oxidation sites excluding steroid dienone is 1. The van der Waals surface area contributed by atoms with Crippen LogP contribution in [0, 0.1) is 5.41 Å². The van der Waals surface area contributed by atoms with Gasteiger partial charge in [0.15, 0.2) is 0 Å². The molecule has 0 saturated heterocycles. The summed E-state index contributed by atoms with van der Waals surface area (Å²) in [6.07, 6.45) is 2.26. The molecule has 1 aliphatic carbocycles. The molecule has 1 heteroatoms. The van der Waals surface area contributed by atoms with Crippen LogP contribution in [0.1, 0.15) is 27.2 Å². The van der Waals surface area contributed by atoms with E-state index < -0.39 is 6.10 Å². The first-order valence-corrected chi connectivity index (χ1v) is 4.58. The van der Waals surface area contributed by atoms with Crippen LogP contribution >= 0.6 is 0 Å². The van der Waals surface area contributed by atoms with Crippen molar-refractivity contribution in [3.63, 3.8) is 0 Å². The fourth-order valence-electron chi connectivity index (χ4n) is 1.44. The van der Waals surface area contributed by atoms with Crippen LogP contribution in [-0.4, -0.2) is 11.2 Å². The molecule has 0 aromatic heterocycles. The van der Waals surface area contributed by atoms with E-state index in [1.807, 2.05) is 6.08 Å². The highest BCUT2D eigenvalue weighted by Gasteiger charge is 2.25. The number of hydrogen-bond donors (Lipinski definition) is 1. The van der Waals surface area contributed by atoms with Crippen molar-refractivity contribution in [3.05, 3.63) is 36.0 Å². The molecule has 0 fully saturated rings. The molecular weight excluding hydrogens is 160 g/mol. The second kappa shape index (κ2) is 3.15. The number of aliphatic hydroxyl groups excluding tert-OH is 1. The van der Waals surface area contributed by atoms with Gasteiger partial charge in [-0.25, -0.2) is 0 Å². The molecule has 1 unspecified atom stereocenters. The molecule has 0 heterocycles. The van der Waals surface area contributed by atoms with Gasteiger partial charge in [-0.2, -0.15) is 0 Å². The Morgan fingerprint density at radius 2 is 1.92 bits per heavy atom. The highest BCUT2D eigenvalue weighted by Crippen LogP contribution is 2.36. The van der Waals surface area contributed by atoms with Crippen molar-refractivity contribution in [2.45, 2.75) is 33.3 Å². The maximum atomic E-state index is 9.59. The SMILES string of the molecule is C=C1C=C(C(C)(C)C)CC(=C)C1O. The van der Waals surface area contributed by atoms with E-state index in [1.54, 1.807) is 0 Å². The Hall–Kier alpha value is -0.820. The van der Waals surface area contributed by atoms with Crippen LogP contribution in [0.5, 0.6) is 0 Å². The zero-order chi connectivity index (χ0) is 10.2. The Balaban J connectivity index is 2.99. The highest BCUT2D eigenvalue weighted by atomic mass is 16.3. The fraction of sp³-hybridized carbons (Fsp3) is 0.500. The third-order valence-corrected chi connectivity index (χ3v) is 2.48. The zero-order valence-electron chi connectivity index (χ0n) is 8.72. The minimum atomic E-state index is -0.536. The summed E-state index contributed by atoms with van der Waals surface area (Å²) in [5, 5.41) is 9.59. The summed E-state index contributed by atoms with van der Waals surface area (Å²) in [6.45, 7) is 14.2. The smallest absolute Gasteiger partial charge is 0.0995 e. The van der Waals surface area contributed by atoms with Gasteiger partial charge in [0.1, 0.15) is 0 Å². The average molecular weight is 178 g/mol. The third kappa shape index (κ3) is 2.10. The van der Waals surface area contributed by atoms with Crippen molar-refractivity contribution in [2.75, 3.05) is 0 Å². The van der Waals surface area contributed by atoms with Gasteiger partial charge in [-0.3, -0.25) is 0 Å². The number of rotatable bonds is 0. The molecule has 0 aliphatic heterocycles. The summed E-state index contributed by atoms with van der Waals surface area (Å²) in [4.78, 5) is 0. The molecule has 0 amide bonds. The van der Waals surface area contributed by atoms with Gasteiger partial charge in [0.25, 0.3) is 0 Å². The van der Waals surface area contributed by atoms with Gasteiger partial charge >= 0.3 is 0 Å². The molecule has 1 aliphatic rings. The molecule has 72 valence electrons. The second-order valence-corrected chi connectivity index (χ2v) is 4.73. The molecule has 0 radical (unpaired) electrons. The number of hydrogen-bond acceptors (Lipinski definition) is 1. The summed E-state index contributed by atoms with van der Waals surface area (Å²) in [7, 11) is 0. The Morgan fingerprint density at radius 1 is 1.38 bits per heavy atom. The molecule has 0 spiro atoms. The molecule has 1 atom stereocenters. The molecule has 0 aromatic rings. The Kier molecular flexibility index (Phi) is 2.49. The van der Waals surface area contributed by atoms with Gasteiger partial charge in [-0.05, 0) is 23.0 Å². The first-order chi connectivity index (χ1) is 5.82. The van der Waals surface area contributed by atoms with Crippen molar-refractivity contribution < 1.29 is 5.11 Å². The van der Waals surface area contributed by atoms with Crippen molar-refractivity contribution >= 4 is 0 Å². The van der Waals surface area contributed by atoms with Gasteiger partial charge < -0.3 is 5.11 Å². The quantitative estimate of drug-likeness (QED) is 0.565. The van der Waals surface area contributed by atoms with Gasteiger partial charge in [-0.15, -0.1) is 0 Å². The topological polar surface area (TPSA) is 20.2 Å². The standard InChI is InChI=1S/C12H18O/c1-8-6-10(12(3,4)5)7-9(2)11(8)13/h6,11,13H,1-2,7H2,3-5H3. The first kappa shape index (κ1) is 10.3. The molecular formula is C12H18O. The fourth-order valence-corrected chi connectivity index (χ4v) is 1.44. The van der Waals surface area contributed by atoms with Crippen molar-refractivity contribution in [3.8, 4) is 0 Å². The molecule has 0 aromatic carbocycles. The summed E-state index contributed by atoms with van der Waals surface area (Å²) in [5.74, 6) is 0. The molecule has 13 heavy (non-hydrogen) atoms. The van der Waals surface area contributed by atoms with Crippen LogP contribution in [0.25, 0.3) is 0 Å². The van der Waals surface area contributed by atoms with Gasteiger partial charge in [0.05, 0.1) is 6.10 Å². The maximum absolute atomic E-state index is 9.59. The van der Waals surface area contributed by atoms with Crippen LogP contribution < -0.4 is 0 Å². The highest BCUT2D eigenvalue weighted by molar-refractivity contribution is 5.40. The van der Waals surface area contributed by atoms with Crippen LogP contribution in [0.15, 0.2) is 36.0 Å². The Labute approximate surface area is 80.5 Å². The van der Waals surface area contributed by atoms with Crippen LogP contribution in [0.4, 0.5) is 0 Å². The summed E-state index contributed by atoms with van der Waals surface area (Å²) >= 11 is 0. The molecule has 1 rings (SSSR count). The Morgan fingerprint density at radius 3 is 2.31 bits per heavy atom.